The van der Waals surface area contributed by atoms with Crippen LogP contribution in [0.2, 0.25) is 0 Å². The molecule has 0 bridgehead atoms. The van der Waals surface area contributed by atoms with E-state index in [0.29, 0.717) is 11.5 Å². The van der Waals surface area contributed by atoms with Gasteiger partial charge in [0.05, 0.1) is 0 Å². The van der Waals surface area contributed by atoms with Crippen LogP contribution in [0.15, 0.2) is 23.4 Å². The summed E-state index contributed by atoms with van der Waals surface area (Å²) in [5.74, 6) is 5.55. The molecule has 1 saturated carbocycles. The number of hydrogen-bond acceptors (Lipinski definition) is 4. The quantitative estimate of drug-likeness (QED) is 0.787. The molecule has 0 spiro atoms. The summed E-state index contributed by atoms with van der Waals surface area (Å²) >= 11 is 0. The maximum Gasteiger partial charge on any atom is 0.242 e. The summed E-state index contributed by atoms with van der Waals surface area (Å²) < 4.78 is 26.9. The van der Waals surface area contributed by atoms with E-state index in [2.05, 4.69) is 21.5 Å². The van der Waals surface area contributed by atoms with Crippen molar-refractivity contribution in [3.05, 3.63) is 24.0 Å². The van der Waals surface area contributed by atoms with E-state index in [9.17, 15) is 8.42 Å². The van der Waals surface area contributed by atoms with Gasteiger partial charge in [-0.25, -0.2) is 13.1 Å². The lowest BCUT2D eigenvalue weighted by molar-refractivity contribution is 0.350. The van der Waals surface area contributed by atoms with Crippen molar-refractivity contribution in [1.82, 2.24) is 9.71 Å². The summed E-state index contributed by atoms with van der Waals surface area (Å²) in [4.78, 5) is 3.98. The lowest BCUT2D eigenvalue weighted by atomic mass is 10.3. The minimum atomic E-state index is -3.53. The molecule has 2 unspecified atom stereocenters. The van der Waals surface area contributed by atoms with Crippen molar-refractivity contribution in [1.29, 1.82) is 0 Å². The zero-order valence-electron chi connectivity index (χ0n) is 10.6. The second-order valence-corrected chi connectivity index (χ2v) is 6.22. The van der Waals surface area contributed by atoms with E-state index in [0.717, 1.165) is 12.8 Å². The van der Waals surface area contributed by atoms with Crippen LogP contribution >= 0.6 is 0 Å². The van der Waals surface area contributed by atoms with Crippen LogP contribution in [0.5, 0.6) is 0 Å². The van der Waals surface area contributed by atoms with Crippen molar-refractivity contribution in [2.45, 2.75) is 30.7 Å². The Bertz CT molecular complexity index is 616. The Morgan fingerprint density at radius 3 is 2.95 bits per heavy atom. The normalized spacial score (nSPS) is 21.6. The van der Waals surface area contributed by atoms with Gasteiger partial charge in [0.2, 0.25) is 10.0 Å². The number of nitrogens with one attached hydrogen (secondary N) is 1. The predicted molar refractivity (Wildman–Crippen MR) is 70.7 cm³/mol. The van der Waals surface area contributed by atoms with E-state index >= 15 is 0 Å². The molecule has 6 heteroatoms. The monoisotopic (exact) mass is 280 g/mol. The van der Waals surface area contributed by atoms with Gasteiger partial charge < -0.3 is 5.11 Å². The molecule has 0 aliphatic heterocycles. The second-order valence-electron chi connectivity index (χ2n) is 4.50. The van der Waals surface area contributed by atoms with Crippen LogP contribution in [0, 0.1) is 17.8 Å². The summed E-state index contributed by atoms with van der Waals surface area (Å²) in [6, 6.07) is 1.50. The molecule has 0 amide bonds. The van der Waals surface area contributed by atoms with Gasteiger partial charge in [-0.3, -0.25) is 4.98 Å². The molecule has 5 nitrogen and oxygen atoms in total. The lowest BCUT2D eigenvalue weighted by Crippen LogP contribution is -2.27. The minimum absolute atomic E-state index is 0.0437. The van der Waals surface area contributed by atoms with Crippen molar-refractivity contribution in [2.75, 3.05) is 6.61 Å². The molecule has 1 aromatic rings. The second kappa shape index (κ2) is 5.70. The van der Waals surface area contributed by atoms with E-state index in [1.807, 2.05) is 6.92 Å². The highest BCUT2D eigenvalue weighted by molar-refractivity contribution is 7.89. The first-order chi connectivity index (χ1) is 9.06. The van der Waals surface area contributed by atoms with Crippen LogP contribution in [-0.2, 0) is 10.0 Å². The number of aliphatic hydroxyl groups excluding tert-OH is 1. The van der Waals surface area contributed by atoms with Crippen LogP contribution in [0.3, 0.4) is 0 Å². The highest BCUT2D eigenvalue weighted by atomic mass is 32.2. The molecule has 0 aromatic carbocycles. The molecule has 19 heavy (non-hydrogen) atoms. The largest absolute Gasteiger partial charge is 0.384 e. The maximum absolute atomic E-state index is 12.1. The van der Waals surface area contributed by atoms with Gasteiger partial charge in [-0.05, 0) is 18.4 Å². The Labute approximate surface area is 113 Å². The summed E-state index contributed by atoms with van der Waals surface area (Å²) in [6.07, 6.45) is 4.64. The van der Waals surface area contributed by atoms with Gasteiger partial charge in [-0.1, -0.05) is 25.2 Å². The Morgan fingerprint density at radius 2 is 2.32 bits per heavy atom. The van der Waals surface area contributed by atoms with E-state index < -0.39 is 10.0 Å². The summed E-state index contributed by atoms with van der Waals surface area (Å²) in [7, 11) is -3.53. The highest BCUT2D eigenvalue weighted by Crippen LogP contribution is 2.34. The molecule has 1 fully saturated rings. The number of nitrogens with zero attached hydrogens (tertiary/aromatic N) is 1. The van der Waals surface area contributed by atoms with Crippen LogP contribution in [0.1, 0.15) is 25.3 Å². The van der Waals surface area contributed by atoms with Crippen LogP contribution < -0.4 is 4.72 Å². The van der Waals surface area contributed by atoms with Crippen LogP contribution in [0.4, 0.5) is 0 Å². The van der Waals surface area contributed by atoms with Gasteiger partial charge in [-0.2, -0.15) is 0 Å². The first kappa shape index (κ1) is 14.0. The molecule has 1 aromatic heterocycles. The molecule has 1 heterocycles. The van der Waals surface area contributed by atoms with Crippen LogP contribution in [0.25, 0.3) is 0 Å². The van der Waals surface area contributed by atoms with Crippen molar-refractivity contribution in [2.24, 2.45) is 5.92 Å². The average Bonchev–Trinajstić information content (AvgIpc) is 3.14. The van der Waals surface area contributed by atoms with E-state index in [4.69, 9.17) is 5.11 Å². The number of pyridine rings is 1. The fraction of sp³-hybridized carbons (Fsp3) is 0.462. The highest BCUT2D eigenvalue weighted by Gasteiger charge is 2.38. The third kappa shape index (κ3) is 3.53. The van der Waals surface area contributed by atoms with Gasteiger partial charge in [-0.15, -0.1) is 0 Å². The molecule has 1 aliphatic rings. The van der Waals surface area contributed by atoms with Crippen LogP contribution in [-0.4, -0.2) is 31.2 Å². The minimum Gasteiger partial charge on any atom is -0.384 e. The molecule has 2 rings (SSSR count). The van der Waals surface area contributed by atoms with E-state index in [1.54, 1.807) is 0 Å². The zero-order valence-corrected chi connectivity index (χ0v) is 11.4. The first-order valence-corrected chi connectivity index (χ1v) is 7.62. The summed E-state index contributed by atoms with van der Waals surface area (Å²) in [6.45, 7) is 1.78. The smallest absolute Gasteiger partial charge is 0.242 e. The topological polar surface area (TPSA) is 79.3 Å². The molecule has 0 saturated heterocycles. The molecule has 2 atom stereocenters. The molecular formula is C13H16N2O3S. The van der Waals surface area contributed by atoms with Crippen molar-refractivity contribution in [3.8, 4) is 11.8 Å². The SMILES string of the molecule is CCC1CC1NS(=O)(=O)c1cncc(C#CCO)c1. The van der Waals surface area contributed by atoms with E-state index in [-0.39, 0.29) is 17.5 Å². The van der Waals surface area contributed by atoms with Crippen molar-refractivity contribution >= 4 is 10.0 Å². The lowest BCUT2D eigenvalue weighted by Gasteiger charge is -2.05. The summed E-state index contributed by atoms with van der Waals surface area (Å²) in [5, 5.41) is 8.62. The van der Waals surface area contributed by atoms with Crippen molar-refractivity contribution in [3.63, 3.8) is 0 Å². The Kier molecular flexibility index (Phi) is 4.20. The third-order valence-electron chi connectivity index (χ3n) is 3.09. The molecule has 2 N–H and O–H groups in total. The van der Waals surface area contributed by atoms with Gasteiger partial charge in [0, 0.05) is 24.0 Å². The van der Waals surface area contributed by atoms with Gasteiger partial charge in [0.15, 0.2) is 0 Å². The average molecular weight is 280 g/mol. The third-order valence-corrected chi connectivity index (χ3v) is 4.55. The van der Waals surface area contributed by atoms with Gasteiger partial charge in [0.25, 0.3) is 0 Å². The number of hydrogen-bond donors (Lipinski definition) is 2. The van der Waals surface area contributed by atoms with Gasteiger partial charge in [0.1, 0.15) is 11.5 Å². The molecular weight excluding hydrogens is 264 g/mol. The molecule has 0 radical (unpaired) electrons. The first-order valence-electron chi connectivity index (χ1n) is 6.14. The summed E-state index contributed by atoms with van der Waals surface area (Å²) in [5.41, 5.74) is 0.472. The van der Waals surface area contributed by atoms with Crippen molar-refractivity contribution < 1.29 is 13.5 Å². The number of aliphatic hydroxyl groups is 1. The standard InChI is InChI=1S/C13H16N2O3S/c1-2-11-7-13(11)15-19(17,18)12-6-10(4-3-5-16)8-14-9-12/h6,8-9,11,13,15-16H,2,5,7H2,1H3. The predicted octanol–water partition coefficient (Wildman–Crippen LogP) is 0.502. The fourth-order valence-electron chi connectivity index (χ4n) is 1.89. The Balaban J connectivity index is 2.16. The Morgan fingerprint density at radius 1 is 1.53 bits per heavy atom. The van der Waals surface area contributed by atoms with Gasteiger partial charge >= 0.3 is 0 Å². The maximum atomic E-state index is 12.1. The Hall–Kier alpha value is -1.42. The number of rotatable bonds is 4. The molecule has 1 aliphatic carbocycles. The number of sulfonamides is 1. The number of aromatic nitrogens is 1. The van der Waals surface area contributed by atoms with E-state index in [1.165, 1.54) is 18.5 Å². The molecule has 102 valence electrons. The fourth-order valence-corrected chi connectivity index (χ4v) is 3.19. The zero-order chi connectivity index (χ0) is 13.9.